The smallest absolute Gasteiger partial charge is 0.327 e. The molecule has 0 atom stereocenters. The molecule has 0 saturated carbocycles. The zero-order valence-electron chi connectivity index (χ0n) is 15.1. The molecule has 0 saturated heterocycles. The van der Waals surface area contributed by atoms with E-state index in [1.165, 1.54) is 0 Å². The molecule has 1 heterocycles. The molecule has 0 aliphatic heterocycles. The van der Waals surface area contributed by atoms with E-state index in [0.29, 0.717) is 17.3 Å². The highest BCUT2D eigenvalue weighted by Crippen LogP contribution is 2.36. The lowest BCUT2D eigenvalue weighted by Gasteiger charge is -2.08. The minimum absolute atomic E-state index is 0.0165. The van der Waals surface area contributed by atoms with E-state index in [0.717, 1.165) is 27.9 Å². The molecule has 0 unspecified atom stereocenters. The third-order valence-electron chi connectivity index (χ3n) is 4.13. The number of ether oxygens (including phenoxy) is 1. The summed E-state index contributed by atoms with van der Waals surface area (Å²) in [6, 6.07) is 16.0. The topological polar surface area (TPSA) is 44.1 Å². The molecular weight excluding hydrogens is 348 g/mol. The maximum absolute atomic E-state index is 12.0. The Balaban J connectivity index is 2.11. The van der Waals surface area contributed by atoms with E-state index in [1.807, 2.05) is 62.4 Å². The van der Waals surface area contributed by atoms with E-state index >= 15 is 0 Å². The Kier molecular flexibility index (Phi) is 5.43. The average Bonchev–Trinajstić information content (AvgIpc) is 2.93. The Morgan fingerprint density at radius 2 is 1.54 bits per heavy atom. The number of nitrogens with zero attached hydrogens (tertiary/aromatic N) is 2. The van der Waals surface area contributed by atoms with Gasteiger partial charge < -0.3 is 4.74 Å². The van der Waals surface area contributed by atoms with Gasteiger partial charge >= 0.3 is 5.97 Å². The summed E-state index contributed by atoms with van der Waals surface area (Å²) in [6.45, 7) is 6.19. The van der Waals surface area contributed by atoms with Crippen LogP contribution in [0.1, 0.15) is 18.1 Å². The van der Waals surface area contributed by atoms with Gasteiger partial charge in [0, 0.05) is 11.1 Å². The van der Waals surface area contributed by atoms with E-state index in [2.05, 4.69) is 5.10 Å². The molecule has 0 amide bonds. The molecule has 0 fully saturated rings. The molecule has 134 valence electrons. The number of hydrogen-bond acceptors (Lipinski definition) is 3. The number of esters is 1. The van der Waals surface area contributed by atoms with Crippen LogP contribution in [-0.2, 0) is 16.1 Å². The first-order valence-electron chi connectivity index (χ1n) is 8.55. The van der Waals surface area contributed by atoms with Crippen molar-refractivity contribution in [3.8, 4) is 22.5 Å². The van der Waals surface area contributed by atoms with Crippen molar-refractivity contribution in [1.82, 2.24) is 9.78 Å². The maximum atomic E-state index is 12.0. The standard InChI is InChI=1S/C21H21ClN2O2/c1-4-26-18(25)13-24-21(17-11-7-15(3)8-12-17)19(22)20(23-24)16-9-5-14(2)6-10-16/h5-12H,4,13H2,1-3H3. The lowest BCUT2D eigenvalue weighted by Crippen LogP contribution is -2.15. The zero-order valence-corrected chi connectivity index (χ0v) is 15.9. The van der Waals surface area contributed by atoms with Crippen LogP contribution < -0.4 is 0 Å². The molecule has 26 heavy (non-hydrogen) atoms. The van der Waals surface area contributed by atoms with Gasteiger partial charge in [-0.1, -0.05) is 71.3 Å². The fraction of sp³-hybridized carbons (Fsp3) is 0.238. The highest BCUT2D eigenvalue weighted by atomic mass is 35.5. The van der Waals surface area contributed by atoms with Crippen molar-refractivity contribution in [1.29, 1.82) is 0 Å². The second-order valence-corrected chi connectivity index (χ2v) is 6.58. The normalized spacial score (nSPS) is 10.8. The van der Waals surface area contributed by atoms with Gasteiger partial charge in [0.2, 0.25) is 0 Å². The predicted octanol–water partition coefficient (Wildman–Crippen LogP) is 5.05. The number of aryl methyl sites for hydroxylation is 2. The summed E-state index contributed by atoms with van der Waals surface area (Å²) in [5.41, 5.74) is 5.52. The molecular formula is C21H21ClN2O2. The Hall–Kier alpha value is -2.59. The Morgan fingerprint density at radius 1 is 1.00 bits per heavy atom. The van der Waals surface area contributed by atoms with Gasteiger partial charge in [-0.25, -0.2) is 0 Å². The fourth-order valence-corrected chi connectivity index (χ4v) is 3.12. The molecule has 0 spiro atoms. The molecule has 3 rings (SSSR count). The first-order valence-corrected chi connectivity index (χ1v) is 8.93. The maximum Gasteiger partial charge on any atom is 0.327 e. The summed E-state index contributed by atoms with van der Waals surface area (Å²) in [4.78, 5) is 12.0. The van der Waals surface area contributed by atoms with Gasteiger partial charge in [-0.3, -0.25) is 9.48 Å². The van der Waals surface area contributed by atoms with Crippen LogP contribution in [-0.4, -0.2) is 22.4 Å². The van der Waals surface area contributed by atoms with Crippen molar-refractivity contribution in [2.24, 2.45) is 0 Å². The molecule has 5 heteroatoms. The van der Waals surface area contributed by atoms with Gasteiger partial charge in [-0.2, -0.15) is 5.10 Å². The molecule has 3 aromatic rings. The van der Waals surface area contributed by atoms with Crippen molar-refractivity contribution in [3.05, 3.63) is 64.7 Å². The summed E-state index contributed by atoms with van der Waals surface area (Å²) in [5.74, 6) is -0.338. The van der Waals surface area contributed by atoms with Crippen molar-refractivity contribution in [2.75, 3.05) is 6.61 Å². The number of halogens is 1. The quantitative estimate of drug-likeness (QED) is 0.592. The van der Waals surface area contributed by atoms with Crippen molar-refractivity contribution in [3.63, 3.8) is 0 Å². The van der Waals surface area contributed by atoms with Crippen LogP contribution in [0.25, 0.3) is 22.5 Å². The van der Waals surface area contributed by atoms with Gasteiger partial charge in [-0.15, -0.1) is 0 Å². The second kappa shape index (κ2) is 7.75. The molecule has 1 aromatic heterocycles. The largest absolute Gasteiger partial charge is 0.465 e. The first-order chi connectivity index (χ1) is 12.5. The summed E-state index contributed by atoms with van der Waals surface area (Å²) in [6.07, 6.45) is 0. The third kappa shape index (κ3) is 3.81. The minimum Gasteiger partial charge on any atom is -0.465 e. The summed E-state index contributed by atoms with van der Waals surface area (Å²) >= 11 is 6.70. The van der Waals surface area contributed by atoms with Crippen LogP contribution in [0.4, 0.5) is 0 Å². The van der Waals surface area contributed by atoms with E-state index in [1.54, 1.807) is 11.6 Å². The highest BCUT2D eigenvalue weighted by Gasteiger charge is 2.21. The summed E-state index contributed by atoms with van der Waals surface area (Å²) in [5, 5.41) is 5.14. The van der Waals surface area contributed by atoms with Crippen LogP contribution in [0.15, 0.2) is 48.5 Å². The number of aromatic nitrogens is 2. The van der Waals surface area contributed by atoms with Gasteiger partial charge in [0.1, 0.15) is 12.2 Å². The van der Waals surface area contributed by atoms with Crippen LogP contribution >= 0.6 is 11.6 Å². The van der Waals surface area contributed by atoms with E-state index < -0.39 is 0 Å². The summed E-state index contributed by atoms with van der Waals surface area (Å²) < 4.78 is 6.71. The van der Waals surface area contributed by atoms with Crippen LogP contribution in [0.3, 0.4) is 0 Å². The van der Waals surface area contributed by atoms with Crippen LogP contribution in [0.2, 0.25) is 5.02 Å². The van der Waals surface area contributed by atoms with Crippen LogP contribution in [0, 0.1) is 13.8 Å². The van der Waals surface area contributed by atoms with Gasteiger partial charge in [0.05, 0.1) is 17.3 Å². The molecule has 0 aliphatic rings. The molecule has 0 aliphatic carbocycles. The average molecular weight is 369 g/mol. The molecule has 0 radical (unpaired) electrons. The Bertz CT molecular complexity index is 912. The Morgan fingerprint density at radius 3 is 2.08 bits per heavy atom. The van der Waals surface area contributed by atoms with Crippen molar-refractivity contribution >= 4 is 17.6 Å². The minimum atomic E-state index is -0.338. The zero-order chi connectivity index (χ0) is 18.7. The lowest BCUT2D eigenvalue weighted by molar-refractivity contribution is -0.144. The number of hydrogen-bond donors (Lipinski definition) is 0. The van der Waals surface area contributed by atoms with E-state index in [-0.39, 0.29) is 12.5 Å². The number of carbonyl (C=O) groups is 1. The van der Waals surface area contributed by atoms with E-state index in [9.17, 15) is 4.79 Å². The monoisotopic (exact) mass is 368 g/mol. The fourth-order valence-electron chi connectivity index (χ4n) is 2.77. The molecule has 2 aromatic carbocycles. The number of rotatable bonds is 5. The molecule has 0 bridgehead atoms. The third-order valence-corrected chi connectivity index (χ3v) is 4.49. The number of carbonyl (C=O) groups excluding carboxylic acids is 1. The number of benzene rings is 2. The van der Waals surface area contributed by atoms with Crippen LogP contribution in [0.5, 0.6) is 0 Å². The predicted molar refractivity (Wildman–Crippen MR) is 104 cm³/mol. The highest BCUT2D eigenvalue weighted by molar-refractivity contribution is 6.35. The van der Waals surface area contributed by atoms with Gasteiger partial charge in [-0.05, 0) is 20.8 Å². The molecule has 4 nitrogen and oxygen atoms in total. The van der Waals surface area contributed by atoms with Gasteiger partial charge in [0.25, 0.3) is 0 Å². The summed E-state index contributed by atoms with van der Waals surface area (Å²) in [7, 11) is 0. The molecule has 0 N–H and O–H groups in total. The second-order valence-electron chi connectivity index (χ2n) is 6.21. The van der Waals surface area contributed by atoms with Crippen molar-refractivity contribution < 1.29 is 9.53 Å². The Labute approximate surface area is 158 Å². The first kappa shape index (κ1) is 18.2. The SMILES string of the molecule is CCOC(=O)Cn1nc(-c2ccc(C)cc2)c(Cl)c1-c1ccc(C)cc1. The lowest BCUT2D eigenvalue weighted by atomic mass is 10.1. The van der Waals surface area contributed by atoms with Gasteiger partial charge in [0.15, 0.2) is 0 Å². The van der Waals surface area contributed by atoms with Crippen molar-refractivity contribution in [2.45, 2.75) is 27.3 Å². The van der Waals surface area contributed by atoms with E-state index in [4.69, 9.17) is 16.3 Å².